The number of hydrogen-bond acceptors (Lipinski definition) is 4. The molecule has 0 spiro atoms. The number of hydrogen-bond donors (Lipinski definition) is 3. The number of halogens is 1. The second-order valence-corrected chi connectivity index (χ2v) is 5.51. The molecule has 1 aliphatic heterocycles. The molecular formula is C13H15BrN2O4. The number of carbonyl (C=O) groups excluding carboxylic acids is 1. The number of carbonyl (C=O) groups is 2. The Balaban J connectivity index is 1.98. The number of ether oxygens (including phenoxy) is 1. The van der Waals surface area contributed by atoms with Gasteiger partial charge in [0.1, 0.15) is 0 Å². The molecule has 1 aromatic rings. The van der Waals surface area contributed by atoms with Gasteiger partial charge in [-0.1, -0.05) is 15.9 Å². The lowest BCUT2D eigenvalue weighted by Crippen LogP contribution is -2.25. The number of carboxylic acid groups (broad SMARTS) is 1. The second kappa shape index (κ2) is 6.23. The number of anilines is 1. The third-order valence-corrected chi connectivity index (χ3v) is 3.64. The highest BCUT2D eigenvalue weighted by Gasteiger charge is 2.30. The van der Waals surface area contributed by atoms with Crippen molar-refractivity contribution in [2.45, 2.75) is 25.0 Å². The lowest BCUT2D eigenvalue weighted by atomic mass is 10.1. The third kappa shape index (κ3) is 3.49. The molecule has 7 heteroatoms. The molecule has 4 N–H and O–H groups in total. The van der Waals surface area contributed by atoms with E-state index in [1.54, 1.807) is 18.2 Å². The van der Waals surface area contributed by atoms with Crippen LogP contribution in [0.2, 0.25) is 0 Å². The predicted molar refractivity (Wildman–Crippen MR) is 76.7 cm³/mol. The van der Waals surface area contributed by atoms with Crippen LogP contribution < -0.4 is 11.1 Å². The van der Waals surface area contributed by atoms with E-state index in [0.717, 1.165) is 4.47 Å². The molecule has 0 aliphatic carbocycles. The van der Waals surface area contributed by atoms with Crippen LogP contribution in [-0.2, 0) is 9.53 Å². The molecule has 1 aromatic carbocycles. The van der Waals surface area contributed by atoms with Crippen molar-refractivity contribution in [2.24, 2.45) is 5.73 Å². The monoisotopic (exact) mass is 342 g/mol. The topological polar surface area (TPSA) is 102 Å². The van der Waals surface area contributed by atoms with Gasteiger partial charge in [0.25, 0.3) is 5.91 Å². The zero-order chi connectivity index (χ0) is 14.7. The van der Waals surface area contributed by atoms with E-state index >= 15 is 0 Å². The first-order chi connectivity index (χ1) is 9.47. The Kier molecular flexibility index (Phi) is 4.61. The number of nitrogens with two attached hydrogens (primary N) is 1. The van der Waals surface area contributed by atoms with Crippen molar-refractivity contribution in [3.05, 3.63) is 28.2 Å². The Morgan fingerprint density at radius 1 is 1.45 bits per heavy atom. The quantitative estimate of drug-likeness (QED) is 0.754. The molecule has 20 heavy (non-hydrogen) atoms. The molecule has 1 fully saturated rings. The van der Waals surface area contributed by atoms with Crippen LogP contribution in [0, 0.1) is 0 Å². The Morgan fingerprint density at radius 3 is 2.80 bits per heavy atom. The van der Waals surface area contributed by atoms with E-state index in [4.69, 9.17) is 15.6 Å². The van der Waals surface area contributed by atoms with Crippen molar-refractivity contribution in [1.29, 1.82) is 0 Å². The first kappa shape index (κ1) is 14.8. The summed E-state index contributed by atoms with van der Waals surface area (Å²) in [5, 5.41) is 11.9. The van der Waals surface area contributed by atoms with Gasteiger partial charge in [-0.15, -0.1) is 0 Å². The van der Waals surface area contributed by atoms with Gasteiger partial charge in [-0.2, -0.15) is 0 Å². The van der Waals surface area contributed by atoms with E-state index in [0.29, 0.717) is 30.6 Å². The largest absolute Gasteiger partial charge is 0.479 e. The first-order valence-corrected chi connectivity index (χ1v) is 6.98. The summed E-state index contributed by atoms with van der Waals surface area (Å²) >= 11 is 3.28. The standard InChI is InChI=1S/C13H15BrN2O4/c14-7-1-3-10(9(5-7)12(15)17)16-6-8-2-4-11(20-8)13(18)19/h1,3,5,8,11,16H,2,4,6H2,(H2,15,17)(H,18,19). The summed E-state index contributed by atoms with van der Waals surface area (Å²) in [6.07, 6.45) is 0.264. The van der Waals surface area contributed by atoms with Crippen LogP contribution in [0.1, 0.15) is 23.2 Å². The van der Waals surface area contributed by atoms with Gasteiger partial charge in [0.15, 0.2) is 6.10 Å². The van der Waals surface area contributed by atoms with Crippen molar-refractivity contribution in [3.8, 4) is 0 Å². The van der Waals surface area contributed by atoms with Crippen molar-refractivity contribution in [3.63, 3.8) is 0 Å². The van der Waals surface area contributed by atoms with Crippen LogP contribution in [0.15, 0.2) is 22.7 Å². The third-order valence-electron chi connectivity index (χ3n) is 3.15. The molecule has 1 saturated heterocycles. The number of rotatable bonds is 5. The number of aliphatic carboxylic acids is 1. The maximum atomic E-state index is 11.4. The molecule has 2 rings (SSSR count). The van der Waals surface area contributed by atoms with Crippen LogP contribution in [-0.4, -0.2) is 35.7 Å². The molecule has 0 bridgehead atoms. The molecule has 0 radical (unpaired) electrons. The Morgan fingerprint density at radius 2 is 2.20 bits per heavy atom. The minimum atomic E-state index is -0.936. The molecule has 108 valence electrons. The Hall–Kier alpha value is -1.60. The summed E-state index contributed by atoms with van der Waals surface area (Å²) in [6.45, 7) is 0.436. The van der Waals surface area contributed by atoms with Crippen LogP contribution >= 0.6 is 15.9 Å². The molecule has 0 aromatic heterocycles. The zero-order valence-corrected chi connectivity index (χ0v) is 12.2. The van der Waals surface area contributed by atoms with E-state index in [1.165, 1.54) is 0 Å². The van der Waals surface area contributed by atoms with E-state index in [-0.39, 0.29) is 6.10 Å². The minimum Gasteiger partial charge on any atom is -0.479 e. The lowest BCUT2D eigenvalue weighted by molar-refractivity contribution is -0.149. The molecule has 2 atom stereocenters. The maximum Gasteiger partial charge on any atom is 0.332 e. The maximum absolute atomic E-state index is 11.4. The van der Waals surface area contributed by atoms with Crippen LogP contribution in [0.5, 0.6) is 0 Å². The summed E-state index contributed by atoms with van der Waals surface area (Å²) in [7, 11) is 0. The van der Waals surface area contributed by atoms with Crippen LogP contribution in [0.4, 0.5) is 5.69 Å². The molecule has 0 saturated carbocycles. The van der Waals surface area contributed by atoms with Crippen LogP contribution in [0.3, 0.4) is 0 Å². The smallest absolute Gasteiger partial charge is 0.332 e. The highest BCUT2D eigenvalue weighted by molar-refractivity contribution is 9.10. The highest BCUT2D eigenvalue weighted by Crippen LogP contribution is 2.23. The average molecular weight is 343 g/mol. The van der Waals surface area contributed by atoms with Gasteiger partial charge in [0, 0.05) is 16.7 Å². The number of benzene rings is 1. The van der Waals surface area contributed by atoms with Gasteiger partial charge in [0.2, 0.25) is 0 Å². The fraction of sp³-hybridized carbons (Fsp3) is 0.385. The number of amides is 1. The van der Waals surface area contributed by atoms with E-state index < -0.39 is 18.0 Å². The van der Waals surface area contributed by atoms with Gasteiger partial charge in [-0.05, 0) is 31.0 Å². The van der Waals surface area contributed by atoms with Crippen molar-refractivity contribution >= 4 is 33.5 Å². The average Bonchev–Trinajstić information content (AvgIpc) is 2.86. The Labute approximate surface area is 124 Å². The van der Waals surface area contributed by atoms with Gasteiger partial charge >= 0.3 is 5.97 Å². The van der Waals surface area contributed by atoms with Gasteiger partial charge in [0.05, 0.1) is 11.7 Å². The molecule has 1 amide bonds. The minimum absolute atomic E-state index is 0.180. The van der Waals surface area contributed by atoms with Gasteiger partial charge < -0.3 is 20.9 Å². The number of carboxylic acids is 1. The summed E-state index contributed by atoms with van der Waals surface area (Å²) < 4.78 is 6.14. The fourth-order valence-corrected chi connectivity index (χ4v) is 2.50. The molecule has 2 unspecified atom stereocenters. The second-order valence-electron chi connectivity index (χ2n) is 4.60. The van der Waals surface area contributed by atoms with Crippen molar-refractivity contribution < 1.29 is 19.4 Å². The summed E-state index contributed by atoms with van der Waals surface area (Å²) in [5.41, 5.74) is 6.32. The van der Waals surface area contributed by atoms with E-state index in [2.05, 4.69) is 21.2 Å². The SMILES string of the molecule is NC(=O)c1cc(Br)ccc1NCC1CCC(C(=O)O)O1. The normalized spacial score (nSPS) is 21.6. The highest BCUT2D eigenvalue weighted by atomic mass is 79.9. The fourth-order valence-electron chi connectivity index (χ4n) is 2.14. The summed E-state index contributed by atoms with van der Waals surface area (Å²) in [6, 6.07) is 5.18. The van der Waals surface area contributed by atoms with E-state index in [9.17, 15) is 9.59 Å². The zero-order valence-electron chi connectivity index (χ0n) is 10.6. The van der Waals surface area contributed by atoms with Crippen molar-refractivity contribution in [1.82, 2.24) is 0 Å². The molecule has 1 aliphatic rings. The first-order valence-electron chi connectivity index (χ1n) is 6.19. The summed E-state index contributed by atoms with van der Waals surface area (Å²) in [5.74, 6) is -1.46. The van der Waals surface area contributed by atoms with Crippen molar-refractivity contribution in [2.75, 3.05) is 11.9 Å². The lowest BCUT2D eigenvalue weighted by Gasteiger charge is -2.15. The van der Waals surface area contributed by atoms with Crippen LogP contribution in [0.25, 0.3) is 0 Å². The van der Waals surface area contributed by atoms with Gasteiger partial charge in [-0.3, -0.25) is 4.79 Å². The molecule has 6 nitrogen and oxygen atoms in total. The number of nitrogens with one attached hydrogen (secondary N) is 1. The van der Waals surface area contributed by atoms with E-state index in [1.807, 2.05) is 0 Å². The van der Waals surface area contributed by atoms with Gasteiger partial charge in [-0.25, -0.2) is 4.79 Å². The predicted octanol–water partition coefficient (Wildman–Crippen LogP) is 1.59. The molecule has 1 heterocycles. The summed E-state index contributed by atoms with van der Waals surface area (Å²) in [4.78, 5) is 22.2. The Bertz CT molecular complexity index is 535. The molecular weight excluding hydrogens is 328 g/mol. The number of primary amides is 1.